The molecule has 1 fully saturated rings. The summed E-state index contributed by atoms with van der Waals surface area (Å²) in [4.78, 5) is 13.3. The summed E-state index contributed by atoms with van der Waals surface area (Å²) in [5.74, 6) is -3.19. The van der Waals surface area contributed by atoms with Gasteiger partial charge in [-0.2, -0.15) is 4.31 Å². The van der Waals surface area contributed by atoms with Crippen molar-refractivity contribution in [3.63, 3.8) is 0 Å². The SMILES string of the molecule is COC(=O)c1ccc(CN(CCC(c2ccccc2)N2CCC(F)(F)C2)[SH](=O)=O)cc1. The molecule has 1 aliphatic rings. The van der Waals surface area contributed by atoms with E-state index in [9.17, 15) is 22.0 Å². The van der Waals surface area contributed by atoms with Crippen molar-refractivity contribution in [2.75, 3.05) is 26.7 Å². The lowest BCUT2D eigenvalue weighted by Crippen LogP contribution is -2.32. The molecule has 0 spiro atoms. The van der Waals surface area contributed by atoms with E-state index in [0.29, 0.717) is 12.0 Å². The number of halogens is 2. The van der Waals surface area contributed by atoms with Crippen LogP contribution in [-0.4, -0.2) is 56.3 Å². The molecular weight excluding hydrogens is 426 g/mol. The molecule has 31 heavy (non-hydrogen) atoms. The van der Waals surface area contributed by atoms with Gasteiger partial charge >= 0.3 is 5.97 Å². The third-order valence-electron chi connectivity index (χ3n) is 5.46. The molecule has 1 unspecified atom stereocenters. The van der Waals surface area contributed by atoms with Gasteiger partial charge in [-0.15, -0.1) is 0 Å². The standard InChI is InChI=1S/C22H26F2N2O4S/c1-30-21(27)19-9-7-17(8-10-19)15-26(31(28)29)13-11-20(18-5-3-2-4-6-18)25-14-12-22(23,24)16-25/h2-10,20,31H,11-16H2,1H3. The van der Waals surface area contributed by atoms with Crippen LogP contribution in [0.2, 0.25) is 0 Å². The number of nitrogens with zero attached hydrogens (tertiary/aromatic N) is 2. The molecule has 6 nitrogen and oxygen atoms in total. The molecule has 0 amide bonds. The summed E-state index contributed by atoms with van der Waals surface area (Å²) in [6.45, 7) is 0.271. The summed E-state index contributed by atoms with van der Waals surface area (Å²) in [5, 5.41) is 0. The highest BCUT2D eigenvalue weighted by atomic mass is 32.2. The van der Waals surface area contributed by atoms with E-state index in [4.69, 9.17) is 0 Å². The number of rotatable bonds is 9. The largest absolute Gasteiger partial charge is 0.465 e. The van der Waals surface area contributed by atoms with Crippen molar-refractivity contribution in [3.8, 4) is 0 Å². The molecule has 1 heterocycles. The number of carbonyl (C=O) groups is 1. The van der Waals surface area contributed by atoms with Gasteiger partial charge in [0.2, 0.25) is 10.9 Å². The fraction of sp³-hybridized carbons (Fsp3) is 0.409. The van der Waals surface area contributed by atoms with Crippen LogP contribution in [0.4, 0.5) is 8.78 Å². The third kappa shape index (κ3) is 6.32. The first-order chi connectivity index (χ1) is 14.8. The number of methoxy groups -OCH3 is 1. The minimum Gasteiger partial charge on any atom is -0.465 e. The summed E-state index contributed by atoms with van der Waals surface area (Å²) >= 11 is 0. The second-order valence-corrected chi connectivity index (χ2v) is 8.65. The molecule has 0 bridgehead atoms. The first-order valence-corrected chi connectivity index (χ1v) is 11.2. The van der Waals surface area contributed by atoms with Gasteiger partial charge in [-0.3, -0.25) is 4.90 Å². The zero-order valence-electron chi connectivity index (χ0n) is 17.2. The van der Waals surface area contributed by atoms with Crippen LogP contribution in [0.5, 0.6) is 0 Å². The number of hydrogen-bond acceptors (Lipinski definition) is 5. The van der Waals surface area contributed by atoms with Crippen LogP contribution in [0.25, 0.3) is 0 Å². The molecule has 3 rings (SSSR count). The lowest BCUT2D eigenvalue weighted by molar-refractivity contribution is 0.00674. The maximum atomic E-state index is 13.8. The molecule has 1 aliphatic heterocycles. The molecule has 0 saturated carbocycles. The second kappa shape index (κ2) is 10.3. The van der Waals surface area contributed by atoms with Crippen molar-refractivity contribution in [3.05, 3.63) is 71.3 Å². The molecule has 2 aromatic rings. The van der Waals surface area contributed by atoms with Crippen molar-refractivity contribution in [1.29, 1.82) is 0 Å². The molecule has 0 aliphatic carbocycles. The number of hydrogen-bond donors (Lipinski definition) is 1. The topological polar surface area (TPSA) is 66.9 Å². The smallest absolute Gasteiger partial charge is 0.337 e. The Morgan fingerprint density at radius 2 is 1.84 bits per heavy atom. The highest BCUT2D eigenvalue weighted by Gasteiger charge is 2.41. The zero-order valence-corrected chi connectivity index (χ0v) is 18.1. The summed E-state index contributed by atoms with van der Waals surface area (Å²) in [6.07, 6.45) is 0.200. The van der Waals surface area contributed by atoms with E-state index in [1.165, 1.54) is 11.4 Å². The second-order valence-electron chi connectivity index (χ2n) is 7.61. The first kappa shape index (κ1) is 23.3. The van der Waals surface area contributed by atoms with Crippen LogP contribution in [0.3, 0.4) is 0 Å². The molecule has 0 N–H and O–H groups in total. The number of carbonyl (C=O) groups excluding carboxylic acids is 1. The van der Waals surface area contributed by atoms with Crippen LogP contribution < -0.4 is 0 Å². The molecule has 1 saturated heterocycles. The highest BCUT2D eigenvalue weighted by molar-refractivity contribution is 7.69. The van der Waals surface area contributed by atoms with Gasteiger partial charge in [0.15, 0.2) is 0 Å². The molecule has 0 radical (unpaired) electrons. The Bertz CT molecular complexity index is 944. The van der Waals surface area contributed by atoms with Gasteiger partial charge < -0.3 is 4.74 Å². The highest BCUT2D eigenvalue weighted by Crippen LogP contribution is 2.35. The fourth-order valence-electron chi connectivity index (χ4n) is 3.83. The van der Waals surface area contributed by atoms with E-state index >= 15 is 0 Å². The number of likely N-dealkylation sites (tertiary alicyclic amines) is 1. The average molecular weight is 453 g/mol. The van der Waals surface area contributed by atoms with Crippen molar-refractivity contribution < 1.29 is 26.7 Å². The fourth-order valence-corrected chi connectivity index (χ4v) is 4.39. The Morgan fingerprint density at radius 1 is 1.16 bits per heavy atom. The average Bonchev–Trinajstić information content (AvgIpc) is 3.13. The summed E-state index contributed by atoms with van der Waals surface area (Å²) in [6, 6.07) is 15.5. The van der Waals surface area contributed by atoms with Gasteiger partial charge in [-0.25, -0.2) is 22.0 Å². The number of thiol groups is 1. The first-order valence-electron chi connectivity index (χ1n) is 10.0. The predicted molar refractivity (Wildman–Crippen MR) is 113 cm³/mol. The van der Waals surface area contributed by atoms with E-state index < -0.39 is 22.8 Å². The normalized spacial score (nSPS) is 17.2. The minimum atomic E-state index is -2.87. The monoisotopic (exact) mass is 452 g/mol. The summed E-state index contributed by atoms with van der Waals surface area (Å²) in [5.41, 5.74) is 1.99. The zero-order chi connectivity index (χ0) is 22.4. The van der Waals surface area contributed by atoms with Gasteiger partial charge in [0.25, 0.3) is 5.92 Å². The van der Waals surface area contributed by atoms with Gasteiger partial charge in [-0.05, 0) is 29.7 Å². The van der Waals surface area contributed by atoms with Crippen LogP contribution in [-0.2, 0) is 22.2 Å². The Labute approximate surface area is 182 Å². The van der Waals surface area contributed by atoms with E-state index in [1.54, 1.807) is 29.2 Å². The van der Waals surface area contributed by atoms with Crippen LogP contribution in [0.1, 0.15) is 40.4 Å². The lowest BCUT2D eigenvalue weighted by atomic mass is 10.0. The van der Waals surface area contributed by atoms with E-state index in [0.717, 1.165) is 11.1 Å². The Balaban J connectivity index is 1.71. The van der Waals surface area contributed by atoms with E-state index in [2.05, 4.69) is 4.74 Å². The Kier molecular flexibility index (Phi) is 7.74. The van der Waals surface area contributed by atoms with Gasteiger partial charge in [-0.1, -0.05) is 42.5 Å². The minimum absolute atomic E-state index is 0.137. The van der Waals surface area contributed by atoms with E-state index in [1.807, 2.05) is 30.3 Å². The predicted octanol–water partition coefficient (Wildman–Crippen LogP) is 3.27. The van der Waals surface area contributed by atoms with Crippen molar-refractivity contribution in [1.82, 2.24) is 9.21 Å². The lowest BCUT2D eigenvalue weighted by Gasteiger charge is -2.29. The quantitative estimate of drug-likeness (QED) is 0.467. The molecule has 9 heteroatoms. The van der Waals surface area contributed by atoms with Gasteiger partial charge in [0.05, 0.1) is 19.2 Å². The summed E-state index contributed by atoms with van der Waals surface area (Å²) in [7, 11) is -1.58. The number of esters is 1. The third-order valence-corrected chi connectivity index (χ3v) is 6.26. The van der Waals surface area contributed by atoms with Gasteiger partial charge in [0, 0.05) is 32.1 Å². The van der Waals surface area contributed by atoms with Crippen molar-refractivity contribution >= 4 is 16.9 Å². The van der Waals surface area contributed by atoms with E-state index in [-0.39, 0.29) is 38.6 Å². The Hall–Kier alpha value is -2.36. The van der Waals surface area contributed by atoms with Gasteiger partial charge in [0.1, 0.15) is 0 Å². The van der Waals surface area contributed by atoms with Crippen LogP contribution >= 0.6 is 0 Å². The number of alkyl halides is 2. The van der Waals surface area contributed by atoms with Crippen LogP contribution in [0, 0.1) is 0 Å². The molecule has 0 aromatic heterocycles. The number of benzene rings is 2. The maximum Gasteiger partial charge on any atom is 0.337 e. The number of ether oxygens (including phenoxy) is 1. The molecule has 168 valence electrons. The molecule has 1 atom stereocenters. The maximum absolute atomic E-state index is 13.8. The molecular formula is C22H26F2N2O4S. The Morgan fingerprint density at radius 3 is 2.39 bits per heavy atom. The van der Waals surface area contributed by atoms with Crippen LogP contribution in [0.15, 0.2) is 54.6 Å². The van der Waals surface area contributed by atoms with Crippen molar-refractivity contribution in [2.45, 2.75) is 31.4 Å². The van der Waals surface area contributed by atoms with Crippen molar-refractivity contribution in [2.24, 2.45) is 0 Å². The summed E-state index contributed by atoms with van der Waals surface area (Å²) < 4.78 is 57.3. The molecule has 2 aromatic carbocycles.